The average Bonchev–Trinajstić information content (AvgIpc) is 3.17. The van der Waals surface area contributed by atoms with E-state index in [1.165, 1.54) is 0 Å². The van der Waals surface area contributed by atoms with Crippen LogP contribution in [0.1, 0.15) is 31.7 Å². The Kier molecular flexibility index (Phi) is 4.38. The fourth-order valence-electron chi connectivity index (χ4n) is 2.56. The van der Waals surface area contributed by atoms with E-state index in [0.717, 1.165) is 28.5 Å². The number of hydrogen-bond acceptors (Lipinski definition) is 4. The molecule has 126 valence electrons. The standard InChI is InChI=1S/C18H22N4O2/c1-11(2)16-9-17(24-21-16)18(23)20-14-5-7-15(8-6-14)22-10-19-12(3)13(22)4/h5-8,10-11,17H,9H2,1-4H3,(H,20,23). The Morgan fingerprint density at radius 3 is 2.54 bits per heavy atom. The molecule has 1 N–H and O–H groups in total. The minimum absolute atomic E-state index is 0.170. The van der Waals surface area contributed by atoms with Gasteiger partial charge in [-0.3, -0.25) is 4.79 Å². The fraction of sp³-hybridized carbons (Fsp3) is 0.389. The SMILES string of the molecule is Cc1ncn(-c2ccc(NC(=O)C3CC(C(C)C)=NO3)cc2)c1C. The van der Waals surface area contributed by atoms with Gasteiger partial charge in [-0.1, -0.05) is 19.0 Å². The number of carbonyl (C=O) groups excluding carboxylic acids is 1. The number of carbonyl (C=O) groups is 1. The third-order valence-corrected chi connectivity index (χ3v) is 4.32. The summed E-state index contributed by atoms with van der Waals surface area (Å²) >= 11 is 0. The van der Waals surface area contributed by atoms with Crippen LogP contribution in [0.5, 0.6) is 0 Å². The number of nitrogens with zero attached hydrogens (tertiary/aromatic N) is 3. The zero-order valence-electron chi connectivity index (χ0n) is 14.4. The fourth-order valence-corrected chi connectivity index (χ4v) is 2.56. The van der Waals surface area contributed by atoms with E-state index in [-0.39, 0.29) is 5.91 Å². The maximum Gasteiger partial charge on any atom is 0.268 e. The first-order chi connectivity index (χ1) is 11.5. The molecule has 1 aromatic carbocycles. The molecule has 0 saturated carbocycles. The number of imidazole rings is 1. The molecule has 0 aliphatic carbocycles. The van der Waals surface area contributed by atoms with Crippen molar-refractivity contribution in [2.75, 3.05) is 5.32 Å². The van der Waals surface area contributed by atoms with Crippen LogP contribution in [0.15, 0.2) is 35.7 Å². The van der Waals surface area contributed by atoms with Crippen LogP contribution in [-0.4, -0.2) is 27.3 Å². The molecular weight excluding hydrogens is 304 g/mol. The first-order valence-electron chi connectivity index (χ1n) is 8.10. The highest BCUT2D eigenvalue weighted by Crippen LogP contribution is 2.20. The number of oxime groups is 1. The van der Waals surface area contributed by atoms with E-state index < -0.39 is 6.10 Å². The molecular formula is C18H22N4O2. The van der Waals surface area contributed by atoms with Crippen LogP contribution < -0.4 is 5.32 Å². The average molecular weight is 326 g/mol. The van der Waals surface area contributed by atoms with Gasteiger partial charge in [-0.2, -0.15) is 0 Å². The lowest BCUT2D eigenvalue weighted by molar-refractivity contribution is -0.125. The number of aromatic nitrogens is 2. The van der Waals surface area contributed by atoms with Crippen LogP contribution in [0.4, 0.5) is 5.69 Å². The lowest BCUT2D eigenvalue weighted by Gasteiger charge is -2.11. The second-order valence-electron chi connectivity index (χ2n) is 6.36. The minimum atomic E-state index is -0.541. The molecule has 0 bridgehead atoms. The van der Waals surface area contributed by atoms with Crippen LogP contribution in [0, 0.1) is 19.8 Å². The Morgan fingerprint density at radius 1 is 1.29 bits per heavy atom. The molecule has 2 heterocycles. The molecule has 0 fully saturated rings. The van der Waals surface area contributed by atoms with Gasteiger partial charge in [0.1, 0.15) is 0 Å². The van der Waals surface area contributed by atoms with E-state index in [9.17, 15) is 4.79 Å². The summed E-state index contributed by atoms with van der Waals surface area (Å²) in [5, 5.41) is 6.87. The van der Waals surface area contributed by atoms with Gasteiger partial charge >= 0.3 is 0 Å². The van der Waals surface area contributed by atoms with Crippen molar-refractivity contribution in [3.63, 3.8) is 0 Å². The molecule has 1 aliphatic heterocycles. The van der Waals surface area contributed by atoms with Gasteiger partial charge in [0.2, 0.25) is 6.10 Å². The molecule has 0 saturated heterocycles. The first-order valence-corrected chi connectivity index (χ1v) is 8.10. The van der Waals surface area contributed by atoms with Crippen LogP contribution in [0.3, 0.4) is 0 Å². The number of benzene rings is 1. The second kappa shape index (κ2) is 6.47. The van der Waals surface area contributed by atoms with Gasteiger partial charge < -0.3 is 14.7 Å². The van der Waals surface area contributed by atoms with Crippen LogP contribution in [0.25, 0.3) is 5.69 Å². The lowest BCUT2D eigenvalue weighted by Crippen LogP contribution is -2.28. The van der Waals surface area contributed by atoms with E-state index >= 15 is 0 Å². The second-order valence-corrected chi connectivity index (χ2v) is 6.36. The molecule has 1 unspecified atom stereocenters. The van der Waals surface area contributed by atoms with Gasteiger partial charge in [-0.05, 0) is 44.0 Å². The largest absolute Gasteiger partial charge is 0.382 e. The summed E-state index contributed by atoms with van der Waals surface area (Å²) in [5.41, 5.74) is 4.78. The number of rotatable bonds is 4. The molecule has 1 amide bonds. The Labute approximate surface area is 141 Å². The molecule has 6 nitrogen and oxygen atoms in total. The van der Waals surface area contributed by atoms with Crippen molar-refractivity contribution in [1.29, 1.82) is 0 Å². The molecule has 1 atom stereocenters. The molecule has 1 aliphatic rings. The maximum absolute atomic E-state index is 12.3. The quantitative estimate of drug-likeness (QED) is 0.938. The number of nitrogens with one attached hydrogen (secondary N) is 1. The Bertz CT molecular complexity index is 775. The summed E-state index contributed by atoms with van der Waals surface area (Å²) < 4.78 is 2.02. The number of amides is 1. The van der Waals surface area contributed by atoms with Crippen molar-refractivity contribution in [3.05, 3.63) is 42.0 Å². The zero-order chi connectivity index (χ0) is 17.3. The van der Waals surface area contributed by atoms with Crippen molar-refractivity contribution in [1.82, 2.24) is 9.55 Å². The smallest absolute Gasteiger partial charge is 0.268 e. The van der Waals surface area contributed by atoms with Gasteiger partial charge in [0.05, 0.1) is 17.7 Å². The molecule has 24 heavy (non-hydrogen) atoms. The molecule has 2 aromatic rings. The summed E-state index contributed by atoms with van der Waals surface area (Å²) in [7, 11) is 0. The maximum atomic E-state index is 12.3. The van der Waals surface area contributed by atoms with Crippen LogP contribution >= 0.6 is 0 Å². The van der Waals surface area contributed by atoms with E-state index in [0.29, 0.717) is 12.3 Å². The predicted octanol–water partition coefficient (Wildman–Crippen LogP) is 3.23. The summed E-state index contributed by atoms with van der Waals surface area (Å²) in [5.74, 6) is 0.126. The van der Waals surface area contributed by atoms with E-state index in [1.54, 1.807) is 6.33 Å². The minimum Gasteiger partial charge on any atom is -0.382 e. The van der Waals surface area contributed by atoms with Crippen LogP contribution in [0.2, 0.25) is 0 Å². The highest BCUT2D eigenvalue weighted by Gasteiger charge is 2.29. The lowest BCUT2D eigenvalue weighted by atomic mass is 10.0. The molecule has 0 radical (unpaired) electrons. The van der Waals surface area contributed by atoms with Crippen molar-refractivity contribution < 1.29 is 9.63 Å². The Morgan fingerprint density at radius 2 is 2.00 bits per heavy atom. The van der Waals surface area contributed by atoms with Gasteiger partial charge in [-0.25, -0.2) is 4.98 Å². The highest BCUT2D eigenvalue weighted by molar-refractivity contribution is 5.99. The van der Waals surface area contributed by atoms with E-state index in [1.807, 2.05) is 56.5 Å². The van der Waals surface area contributed by atoms with Crippen molar-refractivity contribution in [3.8, 4) is 5.69 Å². The number of anilines is 1. The Balaban J connectivity index is 1.65. The zero-order valence-corrected chi connectivity index (χ0v) is 14.4. The van der Waals surface area contributed by atoms with Crippen LogP contribution in [-0.2, 0) is 9.63 Å². The number of hydrogen-bond donors (Lipinski definition) is 1. The van der Waals surface area contributed by atoms with Gasteiger partial charge in [0.15, 0.2) is 0 Å². The Hall–Kier alpha value is -2.63. The summed E-state index contributed by atoms with van der Waals surface area (Å²) in [6.45, 7) is 8.10. The normalized spacial score (nSPS) is 16.9. The van der Waals surface area contributed by atoms with Gasteiger partial charge in [0, 0.05) is 23.5 Å². The number of aryl methyl sites for hydroxylation is 1. The third-order valence-electron chi connectivity index (χ3n) is 4.32. The first kappa shape index (κ1) is 16.2. The van der Waals surface area contributed by atoms with E-state index in [4.69, 9.17) is 4.84 Å². The van der Waals surface area contributed by atoms with Gasteiger partial charge in [0.25, 0.3) is 5.91 Å². The monoisotopic (exact) mass is 326 g/mol. The molecule has 6 heteroatoms. The predicted molar refractivity (Wildman–Crippen MR) is 93.4 cm³/mol. The van der Waals surface area contributed by atoms with Crippen molar-refractivity contribution in [2.45, 2.75) is 40.2 Å². The summed E-state index contributed by atoms with van der Waals surface area (Å²) in [4.78, 5) is 21.8. The molecule has 1 aromatic heterocycles. The summed E-state index contributed by atoms with van der Waals surface area (Å²) in [6, 6.07) is 7.66. The third kappa shape index (κ3) is 3.18. The van der Waals surface area contributed by atoms with Crippen molar-refractivity contribution >= 4 is 17.3 Å². The van der Waals surface area contributed by atoms with Crippen molar-refractivity contribution in [2.24, 2.45) is 11.1 Å². The molecule has 3 rings (SSSR count). The summed E-state index contributed by atoms with van der Waals surface area (Å²) in [6.07, 6.45) is 1.81. The topological polar surface area (TPSA) is 68.5 Å². The van der Waals surface area contributed by atoms with E-state index in [2.05, 4.69) is 15.5 Å². The highest BCUT2D eigenvalue weighted by atomic mass is 16.6. The molecule has 0 spiro atoms. The van der Waals surface area contributed by atoms with Gasteiger partial charge in [-0.15, -0.1) is 0 Å².